The summed E-state index contributed by atoms with van der Waals surface area (Å²) >= 11 is 1.34. The molecule has 12 heteroatoms. The zero-order chi connectivity index (χ0) is 24.1. The standard InChI is InChI=1S/C21H24N4O5S3/c1-15(13-26)22-19-12-20(24-21(23-19)31-14-16-6-4-3-5-7-16)25-33(29,30)18-10-8-17(9-11-18)32(2,27)28/h3-12,15,26H,13-14H2,1-2H3,(H2,22,23,24,25)/t15-/m1/s1. The van der Waals surface area contributed by atoms with Gasteiger partial charge in [0.2, 0.25) is 0 Å². The van der Waals surface area contributed by atoms with Crippen LogP contribution in [0.1, 0.15) is 12.5 Å². The Balaban J connectivity index is 1.87. The van der Waals surface area contributed by atoms with Crippen molar-refractivity contribution < 1.29 is 21.9 Å². The summed E-state index contributed by atoms with van der Waals surface area (Å²) in [6.45, 7) is 1.62. The molecule has 0 fully saturated rings. The fourth-order valence-electron chi connectivity index (χ4n) is 2.70. The van der Waals surface area contributed by atoms with Crippen LogP contribution in [-0.4, -0.2) is 50.8 Å². The van der Waals surface area contributed by atoms with Gasteiger partial charge in [0.15, 0.2) is 15.0 Å². The van der Waals surface area contributed by atoms with Crippen molar-refractivity contribution in [3.63, 3.8) is 0 Å². The maximum Gasteiger partial charge on any atom is 0.263 e. The topological polar surface area (TPSA) is 138 Å². The van der Waals surface area contributed by atoms with Crippen LogP contribution in [-0.2, 0) is 25.6 Å². The maximum atomic E-state index is 12.9. The lowest BCUT2D eigenvalue weighted by atomic mass is 10.2. The first kappa shape index (κ1) is 25.0. The van der Waals surface area contributed by atoms with E-state index in [0.29, 0.717) is 16.7 Å². The third-order valence-electron chi connectivity index (χ3n) is 4.39. The summed E-state index contributed by atoms with van der Waals surface area (Å²) in [4.78, 5) is 8.63. The summed E-state index contributed by atoms with van der Waals surface area (Å²) in [6, 6.07) is 15.7. The van der Waals surface area contributed by atoms with Gasteiger partial charge in [0.05, 0.1) is 16.4 Å². The van der Waals surface area contributed by atoms with Crippen LogP contribution in [0.15, 0.2) is 75.6 Å². The number of sulfonamides is 1. The van der Waals surface area contributed by atoms with Gasteiger partial charge in [-0.15, -0.1) is 0 Å². The minimum atomic E-state index is -4.03. The fraction of sp³-hybridized carbons (Fsp3) is 0.238. The zero-order valence-electron chi connectivity index (χ0n) is 18.0. The van der Waals surface area contributed by atoms with Gasteiger partial charge >= 0.3 is 0 Å². The van der Waals surface area contributed by atoms with Gasteiger partial charge in [-0.3, -0.25) is 4.72 Å². The van der Waals surface area contributed by atoms with Crippen LogP contribution < -0.4 is 10.0 Å². The van der Waals surface area contributed by atoms with Crippen molar-refractivity contribution in [2.45, 2.75) is 33.7 Å². The Bertz CT molecular complexity index is 1300. The number of rotatable bonds is 10. The van der Waals surface area contributed by atoms with Crippen molar-refractivity contribution in [2.24, 2.45) is 0 Å². The number of aliphatic hydroxyl groups is 1. The highest BCUT2D eigenvalue weighted by atomic mass is 32.2. The number of aliphatic hydroxyl groups excluding tert-OH is 1. The van der Waals surface area contributed by atoms with Crippen molar-refractivity contribution in [3.8, 4) is 0 Å². The van der Waals surface area contributed by atoms with Gasteiger partial charge in [-0.25, -0.2) is 26.8 Å². The van der Waals surface area contributed by atoms with E-state index in [-0.39, 0.29) is 28.3 Å². The minimum Gasteiger partial charge on any atom is -0.394 e. The van der Waals surface area contributed by atoms with E-state index in [1.54, 1.807) is 6.92 Å². The quantitative estimate of drug-likeness (QED) is 0.279. The molecule has 0 spiro atoms. The molecule has 3 aromatic rings. The smallest absolute Gasteiger partial charge is 0.263 e. The molecule has 0 saturated heterocycles. The van der Waals surface area contributed by atoms with E-state index in [0.717, 1.165) is 11.8 Å². The Morgan fingerprint density at radius 2 is 1.55 bits per heavy atom. The van der Waals surface area contributed by atoms with E-state index in [1.165, 1.54) is 42.1 Å². The summed E-state index contributed by atoms with van der Waals surface area (Å²) < 4.78 is 51.4. The number of thioether (sulfide) groups is 1. The number of nitrogens with one attached hydrogen (secondary N) is 2. The van der Waals surface area contributed by atoms with Gasteiger partial charge in [-0.05, 0) is 36.8 Å². The van der Waals surface area contributed by atoms with Gasteiger partial charge in [0.1, 0.15) is 11.6 Å². The Hall–Kier alpha value is -2.67. The second-order valence-electron chi connectivity index (χ2n) is 7.27. The Morgan fingerprint density at radius 3 is 2.15 bits per heavy atom. The lowest BCUT2D eigenvalue weighted by Gasteiger charge is -2.14. The predicted molar refractivity (Wildman–Crippen MR) is 129 cm³/mol. The summed E-state index contributed by atoms with van der Waals surface area (Å²) in [5.41, 5.74) is 1.06. The molecule has 2 aromatic carbocycles. The summed E-state index contributed by atoms with van der Waals surface area (Å²) in [5, 5.41) is 12.7. The number of anilines is 2. The molecule has 9 nitrogen and oxygen atoms in total. The predicted octanol–water partition coefficient (Wildman–Crippen LogP) is 2.77. The summed E-state index contributed by atoms with van der Waals surface area (Å²) in [6.07, 6.45) is 1.05. The number of nitrogens with zero attached hydrogens (tertiary/aromatic N) is 2. The molecular weight excluding hydrogens is 484 g/mol. The molecule has 0 aliphatic rings. The molecule has 1 atom stereocenters. The molecule has 0 bridgehead atoms. The number of hydrogen-bond donors (Lipinski definition) is 3. The van der Waals surface area contributed by atoms with Crippen molar-refractivity contribution in [2.75, 3.05) is 22.9 Å². The van der Waals surface area contributed by atoms with Gasteiger partial charge in [-0.2, -0.15) is 0 Å². The van der Waals surface area contributed by atoms with E-state index in [9.17, 15) is 21.9 Å². The minimum absolute atomic E-state index is 0.0209. The first-order chi connectivity index (χ1) is 15.6. The molecule has 0 saturated carbocycles. The van der Waals surface area contributed by atoms with Crippen LogP contribution in [0.3, 0.4) is 0 Å². The van der Waals surface area contributed by atoms with Crippen molar-refractivity contribution in [3.05, 3.63) is 66.2 Å². The maximum absolute atomic E-state index is 12.9. The highest BCUT2D eigenvalue weighted by Gasteiger charge is 2.18. The van der Waals surface area contributed by atoms with Gasteiger partial charge in [0.25, 0.3) is 10.0 Å². The molecule has 3 N–H and O–H groups in total. The third kappa shape index (κ3) is 7.16. The summed E-state index contributed by atoms with van der Waals surface area (Å²) in [7, 11) is -7.48. The van der Waals surface area contributed by atoms with E-state index in [4.69, 9.17) is 0 Å². The molecule has 1 aromatic heterocycles. The van der Waals surface area contributed by atoms with Crippen LogP contribution in [0.4, 0.5) is 11.6 Å². The van der Waals surface area contributed by atoms with Gasteiger partial charge in [0, 0.05) is 24.1 Å². The van der Waals surface area contributed by atoms with Crippen LogP contribution in [0.25, 0.3) is 0 Å². The molecule has 0 unspecified atom stereocenters. The molecular formula is C21H24N4O5S3. The molecule has 0 aliphatic heterocycles. The van der Waals surface area contributed by atoms with Crippen LogP contribution in [0.2, 0.25) is 0 Å². The van der Waals surface area contributed by atoms with Crippen LogP contribution in [0, 0.1) is 0 Å². The van der Waals surface area contributed by atoms with Gasteiger partial charge < -0.3 is 10.4 Å². The molecule has 0 aliphatic carbocycles. The molecule has 3 rings (SSSR count). The highest BCUT2D eigenvalue weighted by Crippen LogP contribution is 2.25. The Kier molecular flexibility index (Phi) is 7.95. The second kappa shape index (κ2) is 10.5. The summed E-state index contributed by atoms with van der Waals surface area (Å²) in [5.74, 6) is 0.978. The van der Waals surface area contributed by atoms with E-state index < -0.39 is 19.9 Å². The zero-order valence-corrected chi connectivity index (χ0v) is 20.4. The Morgan fingerprint density at radius 1 is 0.939 bits per heavy atom. The molecule has 33 heavy (non-hydrogen) atoms. The SMILES string of the molecule is C[C@H](CO)Nc1cc(NS(=O)(=O)c2ccc(S(C)(=O)=O)cc2)nc(SCc2ccccc2)n1. The number of aromatic nitrogens is 2. The van der Waals surface area contributed by atoms with E-state index >= 15 is 0 Å². The van der Waals surface area contributed by atoms with Crippen molar-refractivity contribution >= 4 is 43.3 Å². The van der Waals surface area contributed by atoms with Crippen LogP contribution in [0.5, 0.6) is 0 Å². The lowest BCUT2D eigenvalue weighted by molar-refractivity contribution is 0.281. The Labute approximate surface area is 197 Å². The average Bonchev–Trinajstić information content (AvgIpc) is 2.77. The second-order valence-corrected chi connectivity index (χ2v) is 11.9. The normalized spacial score (nSPS) is 12.8. The molecule has 0 amide bonds. The van der Waals surface area contributed by atoms with Crippen molar-refractivity contribution in [1.29, 1.82) is 0 Å². The van der Waals surface area contributed by atoms with Crippen molar-refractivity contribution in [1.82, 2.24) is 9.97 Å². The third-order valence-corrected chi connectivity index (χ3v) is 7.80. The molecule has 176 valence electrons. The first-order valence-corrected chi connectivity index (χ1v) is 14.2. The average molecular weight is 509 g/mol. The van der Waals surface area contributed by atoms with Crippen LogP contribution >= 0.6 is 11.8 Å². The lowest BCUT2D eigenvalue weighted by Crippen LogP contribution is -2.21. The monoisotopic (exact) mass is 508 g/mol. The first-order valence-electron chi connectivity index (χ1n) is 9.83. The highest BCUT2D eigenvalue weighted by molar-refractivity contribution is 7.98. The van der Waals surface area contributed by atoms with E-state index in [2.05, 4.69) is 20.0 Å². The van der Waals surface area contributed by atoms with Gasteiger partial charge in [-0.1, -0.05) is 42.1 Å². The fourth-order valence-corrected chi connectivity index (χ4v) is 5.14. The molecule has 0 radical (unpaired) electrons. The molecule has 1 heterocycles. The largest absolute Gasteiger partial charge is 0.394 e. The van der Waals surface area contributed by atoms with E-state index in [1.807, 2.05) is 30.3 Å². The number of sulfone groups is 1. The number of hydrogen-bond acceptors (Lipinski definition) is 9. The number of benzene rings is 2.